The Morgan fingerprint density at radius 3 is 2.63 bits per heavy atom. The van der Waals surface area contributed by atoms with Gasteiger partial charge in [-0.25, -0.2) is 4.79 Å². The highest BCUT2D eigenvalue weighted by Gasteiger charge is 2.15. The Labute approximate surface area is 112 Å². The molecule has 1 aromatic heterocycles. The zero-order valence-corrected chi connectivity index (χ0v) is 11.3. The van der Waals surface area contributed by atoms with Crippen molar-refractivity contribution in [2.24, 2.45) is 0 Å². The van der Waals surface area contributed by atoms with Gasteiger partial charge in [0.1, 0.15) is 5.76 Å². The minimum atomic E-state index is -0.447. The summed E-state index contributed by atoms with van der Waals surface area (Å²) in [7, 11) is 3.34. The first-order valence-electron chi connectivity index (χ1n) is 6.05. The van der Waals surface area contributed by atoms with E-state index < -0.39 is 5.97 Å². The van der Waals surface area contributed by atoms with Crippen LogP contribution in [0.4, 0.5) is 5.69 Å². The molecule has 0 atom stereocenters. The predicted octanol–water partition coefficient (Wildman–Crippen LogP) is 3.01. The van der Waals surface area contributed by atoms with E-state index in [-0.39, 0.29) is 5.76 Å². The molecule has 1 aromatic carbocycles. The third-order valence-corrected chi connectivity index (χ3v) is 3.01. The van der Waals surface area contributed by atoms with Gasteiger partial charge >= 0.3 is 5.97 Å². The molecule has 0 aliphatic carbocycles. The number of furan rings is 1. The highest BCUT2D eigenvalue weighted by Crippen LogP contribution is 2.20. The summed E-state index contributed by atoms with van der Waals surface area (Å²) in [5.41, 5.74) is 2.09. The Kier molecular flexibility index (Phi) is 3.90. The number of aryl methyl sites for hydroxylation is 1. The van der Waals surface area contributed by atoms with Gasteiger partial charge in [-0.15, -0.1) is 0 Å². The second-order valence-electron chi connectivity index (χ2n) is 4.38. The fraction of sp³-hybridized carbons (Fsp3) is 0.267. The molecule has 4 nitrogen and oxygen atoms in total. The van der Waals surface area contributed by atoms with Gasteiger partial charge in [-0.2, -0.15) is 0 Å². The Morgan fingerprint density at radius 2 is 2.00 bits per heavy atom. The molecule has 0 amide bonds. The number of esters is 1. The van der Waals surface area contributed by atoms with E-state index in [2.05, 4.69) is 9.64 Å². The maximum Gasteiger partial charge on any atom is 0.373 e. The maximum absolute atomic E-state index is 11.4. The third kappa shape index (κ3) is 2.96. The Morgan fingerprint density at radius 1 is 1.32 bits per heavy atom. The van der Waals surface area contributed by atoms with E-state index in [9.17, 15) is 4.79 Å². The lowest BCUT2D eigenvalue weighted by atomic mass is 10.2. The van der Waals surface area contributed by atoms with Gasteiger partial charge in [-0.05, 0) is 25.1 Å². The summed E-state index contributed by atoms with van der Waals surface area (Å²) >= 11 is 0. The number of benzene rings is 1. The summed E-state index contributed by atoms with van der Waals surface area (Å²) in [5.74, 6) is 0.538. The Bertz CT molecular complexity index is 560. The molecule has 0 radical (unpaired) electrons. The summed E-state index contributed by atoms with van der Waals surface area (Å²) in [4.78, 5) is 13.5. The second-order valence-corrected chi connectivity index (χ2v) is 4.38. The minimum absolute atomic E-state index is 0.247. The van der Waals surface area contributed by atoms with Crippen molar-refractivity contribution in [3.8, 4) is 0 Å². The van der Waals surface area contributed by atoms with Gasteiger partial charge in [-0.1, -0.05) is 18.2 Å². The average Bonchev–Trinajstić information content (AvgIpc) is 2.80. The molecule has 0 aliphatic heterocycles. The van der Waals surface area contributed by atoms with Gasteiger partial charge in [0.05, 0.1) is 7.11 Å². The summed E-state index contributed by atoms with van der Waals surface area (Å²) in [6.45, 7) is 2.52. The first-order chi connectivity index (χ1) is 9.11. The molecule has 0 N–H and O–H groups in total. The van der Waals surface area contributed by atoms with E-state index in [1.807, 2.05) is 44.3 Å². The van der Waals surface area contributed by atoms with Crippen molar-refractivity contribution in [2.45, 2.75) is 13.5 Å². The van der Waals surface area contributed by atoms with Crippen LogP contribution in [0.5, 0.6) is 0 Å². The van der Waals surface area contributed by atoms with Gasteiger partial charge in [-0.3, -0.25) is 0 Å². The average molecular weight is 259 g/mol. The number of carbonyl (C=O) groups is 1. The van der Waals surface area contributed by atoms with Gasteiger partial charge in [0.15, 0.2) is 0 Å². The third-order valence-electron chi connectivity index (χ3n) is 3.01. The first-order valence-corrected chi connectivity index (χ1v) is 6.05. The van der Waals surface area contributed by atoms with Gasteiger partial charge < -0.3 is 14.1 Å². The van der Waals surface area contributed by atoms with Crippen LogP contribution in [0.25, 0.3) is 0 Å². The SMILES string of the molecule is COC(=O)c1cc(CN(C)c2ccccc2)c(C)o1. The van der Waals surface area contributed by atoms with Crippen molar-refractivity contribution >= 4 is 11.7 Å². The topological polar surface area (TPSA) is 42.7 Å². The van der Waals surface area contributed by atoms with Crippen molar-refractivity contribution in [3.63, 3.8) is 0 Å². The normalized spacial score (nSPS) is 10.3. The van der Waals surface area contributed by atoms with E-state index in [4.69, 9.17) is 4.42 Å². The number of hydrogen-bond acceptors (Lipinski definition) is 4. The lowest BCUT2D eigenvalue weighted by molar-refractivity contribution is 0.0563. The number of methoxy groups -OCH3 is 1. The molecule has 2 aromatic rings. The standard InChI is InChI=1S/C15H17NO3/c1-11-12(9-14(19-11)15(17)18-3)10-16(2)13-7-5-4-6-8-13/h4-9H,10H2,1-3H3. The number of carbonyl (C=O) groups excluding carboxylic acids is 1. The molecule has 19 heavy (non-hydrogen) atoms. The van der Waals surface area contributed by atoms with E-state index >= 15 is 0 Å². The molecule has 0 unspecified atom stereocenters. The zero-order chi connectivity index (χ0) is 13.8. The van der Waals surface area contributed by atoms with Crippen LogP contribution in [0, 0.1) is 6.92 Å². The van der Waals surface area contributed by atoms with Crippen LogP contribution in [0.2, 0.25) is 0 Å². The molecule has 0 saturated heterocycles. The van der Waals surface area contributed by atoms with E-state index in [0.29, 0.717) is 6.54 Å². The number of hydrogen-bond donors (Lipinski definition) is 0. The molecule has 0 spiro atoms. The number of ether oxygens (including phenoxy) is 1. The maximum atomic E-state index is 11.4. The summed E-state index contributed by atoms with van der Waals surface area (Å²) in [6, 6.07) is 11.8. The number of anilines is 1. The van der Waals surface area contributed by atoms with Crippen molar-refractivity contribution in [3.05, 3.63) is 53.5 Å². The van der Waals surface area contributed by atoms with Crippen molar-refractivity contribution in [1.29, 1.82) is 0 Å². The Hall–Kier alpha value is -2.23. The second kappa shape index (κ2) is 5.61. The van der Waals surface area contributed by atoms with Crippen LogP contribution >= 0.6 is 0 Å². The van der Waals surface area contributed by atoms with Crippen LogP contribution < -0.4 is 4.90 Å². The van der Waals surface area contributed by atoms with Crippen LogP contribution in [0.3, 0.4) is 0 Å². The van der Waals surface area contributed by atoms with Crippen LogP contribution in [-0.4, -0.2) is 20.1 Å². The van der Waals surface area contributed by atoms with Gasteiger partial charge in [0, 0.05) is 24.8 Å². The molecule has 0 bridgehead atoms. The number of nitrogens with zero attached hydrogens (tertiary/aromatic N) is 1. The highest BCUT2D eigenvalue weighted by atomic mass is 16.5. The van der Waals surface area contributed by atoms with E-state index in [1.165, 1.54) is 7.11 Å². The minimum Gasteiger partial charge on any atom is -0.463 e. The molecular formula is C15H17NO3. The smallest absolute Gasteiger partial charge is 0.373 e. The van der Waals surface area contributed by atoms with Gasteiger partial charge in [0.2, 0.25) is 5.76 Å². The molecule has 1 heterocycles. The quantitative estimate of drug-likeness (QED) is 0.792. The fourth-order valence-corrected chi connectivity index (χ4v) is 1.91. The van der Waals surface area contributed by atoms with E-state index in [1.54, 1.807) is 6.07 Å². The number of rotatable bonds is 4. The molecule has 100 valence electrons. The van der Waals surface area contributed by atoms with Gasteiger partial charge in [0.25, 0.3) is 0 Å². The monoisotopic (exact) mass is 259 g/mol. The molecular weight excluding hydrogens is 242 g/mol. The van der Waals surface area contributed by atoms with Crippen molar-refractivity contribution in [1.82, 2.24) is 0 Å². The van der Waals surface area contributed by atoms with Crippen molar-refractivity contribution in [2.75, 3.05) is 19.1 Å². The van der Waals surface area contributed by atoms with Crippen LogP contribution in [0.1, 0.15) is 21.9 Å². The molecule has 0 saturated carbocycles. The largest absolute Gasteiger partial charge is 0.463 e. The summed E-state index contributed by atoms with van der Waals surface area (Å²) in [5, 5.41) is 0. The highest BCUT2D eigenvalue weighted by molar-refractivity contribution is 5.86. The van der Waals surface area contributed by atoms with Crippen LogP contribution in [-0.2, 0) is 11.3 Å². The van der Waals surface area contributed by atoms with E-state index in [0.717, 1.165) is 17.0 Å². The lowest BCUT2D eigenvalue weighted by Crippen LogP contribution is -2.16. The molecule has 0 aliphatic rings. The lowest BCUT2D eigenvalue weighted by Gasteiger charge is -2.18. The van der Waals surface area contributed by atoms with Crippen molar-refractivity contribution < 1.29 is 13.9 Å². The molecule has 4 heteroatoms. The fourth-order valence-electron chi connectivity index (χ4n) is 1.91. The molecule has 2 rings (SSSR count). The number of para-hydroxylation sites is 1. The summed E-state index contributed by atoms with van der Waals surface area (Å²) in [6.07, 6.45) is 0. The first kappa shape index (κ1) is 13.2. The molecule has 0 fully saturated rings. The zero-order valence-electron chi connectivity index (χ0n) is 11.3. The summed E-state index contributed by atoms with van der Waals surface area (Å²) < 4.78 is 10.1. The predicted molar refractivity (Wildman–Crippen MR) is 73.3 cm³/mol. The Balaban J connectivity index is 2.15. The van der Waals surface area contributed by atoms with Crippen LogP contribution in [0.15, 0.2) is 40.8 Å².